The van der Waals surface area contributed by atoms with Gasteiger partial charge in [-0.25, -0.2) is 0 Å². The Hall–Kier alpha value is -3.40. The first-order valence-corrected chi connectivity index (χ1v) is 8.65. The van der Waals surface area contributed by atoms with Crippen LogP contribution in [-0.4, -0.2) is 30.9 Å². The first-order valence-electron chi connectivity index (χ1n) is 8.65. The molecule has 0 atom stereocenters. The molecule has 0 saturated carbocycles. The van der Waals surface area contributed by atoms with Gasteiger partial charge in [-0.05, 0) is 49.2 Å². The summed E-state index contributed by atoms with van der Waals surface area (Å²) in [4.78, 5) is 25.5. The largest absolute Gasteiger partial charge is 0.497 e. The molecule has 1 heterocycles. The highest BCUT2D eigenvalue weighted by molar-refractivity contribution is 5.98. The minimum absolute atomic E-state index is 0.0195. The van der Waals surface area contributed by atoms with Crippen molar-refractivity contribution in [1.29, 1.82) is 5.26 Å². The summed E-state index contributed by atoms with van der Waals surface area (Å²) in [6.07, 6.45) is 1.22. The van der Waals surface area contributed by atoms with Gasteiger partial charge in [0.15, 0.2) is 5.78 Å². The van der Waals surface area contributed by atoms with Gasteiger partial charge in [0.25, 0.3) is 5.69 Å². The third-order valence-electron chi connectivity index (χ3n) is 4.88. The first-order chi connectivity index (χ1) is 13.0. The van der Waals surface area contributed by atoms with Crippen molar-refractivity contribution >= 4 is 17.2 Å². The molecule has 7 heteroatoms. The van der Waals surface area contributed by atoms with Crippen LogP contribution in [0, 0.1) is 27.4 Å². The predicted molar refractivity (Wildman–Crippen MR) is 100 cm³/mol. The summed E-state index contributed by atoms with van der Waals surface area (Å²) < 4.78 is 5.11. The van der Waals surface area contributed by atoms with Gasteiger partial charge >= 0.3 is 0 Å². The number of ketones is 1. The quantitative estimate of drug-likeness (QED) is 0.456. The van der Waals surface area contributed by atoms with Gasteiger partial charge in [-0.1, -0.05) is 0 Å². The molecule has 1 saturated heterocycles. The van der Waals surface area contributed by atoms with E-state index in [1.807, 2.05) is 11.0 Å². The number of carbonyl (C=O) groups is 1. The van der Waals surface area contributed by atoms with Crippen molar-refractivity contribution < 1.29 is 14.5 Å². The highest BCUT2D eigenvalue weighted by Gasteiger charge is 2.29. The minimum Gasteiger partial charge on any atom is -0.497 e. The van der Waals surface area contributed by atoms with Gasteiger partial charge in [0.05, 0.1) is 23.7 Å². The molecule has 0 unspecified atom stereocenters. The molecule has 0 spiro atoms. The molecule has 1 aliphatic rings. The number of ether oxygens (including phenoxy) is 1. The Labute approximate surface area is 156 Å². The Kier molecular flexibility index (Phi) is 5.36. The lowest BCUT2D eigenvalue weighted by atomic mass is 9.88. The van der Waals surface area contributed by atoms with E-state index in [0.29, 0.717) is 48.5 Å². The highest BCUT2D eigenvalue weighted by Crippen LogP contribution is 2.33. The molecule has 2 aromatic rings. The van der Waals surface area contributed by atoms with Gasteiger partial charge in [0.2, 0.25) is 0 Å². The normalized spacial score (nSPS) is 14.4. The van der Waals surface area contributed by atoms with Crippen molar-refractivity contribution in [2.45, 2.75) is 12.8 Å². The van der Waals surface area contributed by atoms with E-state index in [1.165, 1.54) is 12.1 Å². The third kappa shape index (κ3) is 3.90. The topological polar surface area (TPSA) is 96.5 Å². The van der Waals surface area contributed by atoms with Crippen LogP contribution in [0.5, 0.6) is 5.75 Å². The number of nitrogens with zero attached hydrogens (tertiary/aromatic N) is 3. The Morgan fingerprint density at radius 1 is 1.22 bits per heavy atom. The zero-order valence-electron chi connectivity index (χ0n) is 14.9. The van der Waals surface area contributed by atoms with Crippen LogP contribution >= 0.6 is 0 Å². The molecular weight excluding hydrogens is 346 g/mol. The summed E-state index contributed by atoms with van der Waals surface area (Å²) in [6.45, 7) is 1.06. The van der Waals surface area contributed by atoms with E-state index >= 15 is 0 Å². The molecule has 138 valence electrons. The van der Waals surface area contributed by atoms with E-state index in [1.54, 1.807) is 37.4 Å². The van der Waals surface area contributed by atoms with Crippen LogP contribution in [0.2, 0.25) is 0 Å². The second-order valence-corrected chi connectivity index (χ2v) is 6.43. The summed E-state index contributed by atoms with van der Waals surface area (Å²) in [7, 11) is 1.58. The molecule has 0 aromatic heterocycles. The highest BCUT2D eigenvalue weighted by atomic mass is 16.6. The monoisotopic (exact) mass is 365 g/mol. The van der Waals surface area contributed by atoms with Crippen LogP contribution in [0.25, 0.3) is 0 Å². The molecule has 0 bridgehead atoms. The molecule has 0 radical (unpaired) electrons. The fourth-order valence-corrected chi connectivity index (χ4v) is 3.37. The molecule has 0 aliphatic carbocycles. The molecule has 2 aromatic carbocycles. The van der Waals surface area contributed by atoms with Gasteiger partial charge < -0.3 is 9.64 Å². The van der Waals surface area contributed by atoms with Crippen molar-refractivity contribution in [3.05, 3.63) is 63.7 Å². The van der Waals surface area contributed by atoms with Crippen LogP contribution in [0.1, 0.15) is 28.8 Å². The number of hydrogen-bond acceptors (Lipinski definition) is 6. The van der Waals surface area contributed by atoms with Crippen molar-refractivity contribution in [1.82, 2.24) is 0 Å². The van der Waals surface area contributed by atoms with Crippen molar-refractivity contribution in [3.63, 3.8) is 0 Å². The maximum absolute atomic E-state index is 12.7. The van der Waals surface area contributed by atoms with E-state index in [4.69, 9.17) is 10.00 Å². The Balaban J connectivity index is 1.72. The van der Waals surface area contributed by atoms with E-state index in [-0.39, 0.29) is 17.4 Å². The zero-order chi connectivity index (χ0) is 19.4. The number of methoxy groups -OCH3 is 1. The van der Waals surface area contributed by atoms with Crippen molar-refractivity contribution in [3.8, 4) is 11.8 Å². The number of carbonyl (C=O) groups excluding carboxylic acids is 1. The van der Waals surface area contributed by atoms with Crippen LogP contribution in [-0.2, 0) is 0 Å². The number of rotatable bonds is 5. The molecule has 1 aliphatic heterocycles. The second-order valence-electron chi connectivity index (χ2n) is 6.43. The van der Waals surface area contributed by atoms with Crippen molar-refractivity contribution in [2.75, 3.05) is 25.1 Å². The summed E-state index contributed by atoms with van der Waals surface area (Å²) in [6, 6.07) is 13.4. The molecule has 27 heavy (non-hydrogen) atoms. The molecule has 0 N–H and O–H groups in total. The fraction of sp³-hybridized carbons (Fsp3) is 0.300. The SMILES string of the molecule is COc1ccc(C(=O)C2CCN(c3cc(C#N)ccc3[N+](=O)[O-])CC2)cc1. The van der Waals surface area contributed by atoms with Gasteiger partial charge in [-0.3, -0.25) is 14.9 Å². The van der Waals surface area contributed by atoms with E-state index in [2.05, 4.69) is 0 Å². The predicted octanol–water partition coefficient (Wildman–Crippen LogP) is 3.57. The molecular formula is C20H19N3O4. The second kappa shape index (κ2) is 7.87. The number of anilines is 1. The number of Topliss-reactive ketones (excluding diaryl/α,β-unsaturated/α-hetero) is 1. The minimum atomic E-state index is -0.439. The summed E-state index contributed by atoms with van der Waals surface area (Å²) in [5.41, 5.74) is 1.45. The fourth-order valence-electron chi connectivity index (χ4n) is 3.37. The Morgan fingerprint density at radius 2 is 1.89 bits per heavy atom. The molecule has 1 fully saturated rings. The number of hydrogen-bond donors (Lipinski definition) is 0. The van der Waals surface area contributed by atoms with Crippen LogP contribution < -0.4 is 9.64 Å². The van der Waals surface area contributed by atoms with E-state index in [9.17, 15) is 14.9 Å². The Bertz CT molecular complexity index is 894. The number of benzene rings is 2. The average molecular weight is 365 g/mol. The summed E-state index contributed by atoms with van der Waals surface area (Å²) in [5, 5.41) is 20.4. The van der Waals surface area contributed by atoms with Gasteiger partial charge in [0, 0.05) is 30.6 Å². The summed E-state index contributed by atoms with van der Waals surface area (Å²) >= 11 is 0. The molecule has 3 rings (SSSR count). The summed E-state index contributed by atoms with van der Waals surface area (Å²) in [5.74, 6) is 0.663. The molecule has 0 amide bonds. The number of nitro groups is 1. The van der Waals surface area contributed by atoms with Crippen molar-refractivity contribution in [2.24, 2.45) is 5.92 Å². The zero-order valence-corrected chi connectivity index (χ0v) is 14.9. The number of nitro benzene ring substituents is 1. The maximum atomic E-state index is 12.7. The number of nitriles is 1. The molecule has 7 nitrogen and oxygen atoms in total. The van der Waals surface area contributed by atoms with Gasteiger partial charge in [0.1, 0.15) is 11.4 Å². The lowest BCUT2D eigenvalue weighted by Crippen LogP contribution is -2.36. The van der Waals surface area contributed by atoms with E-state index < -0.39 is 4.92 Å². The van der Waals surface area contributed by atoms with Crippen LogP contribution in [0.3, 0.4) is 0 Å². The lowest BCUT2D eigenvalue weighted by Gasteiger charge is -2.32. The Morgan fingerprint density at radius 3 is 2.44 bits per heavy atom. The van der Waals surface area contributed by atoms with Crippen LogP contribution in [0.4, 0.5) is 11.4 Å². The lowest BCUT2D eigenvalue weighted by molar-refractivity contribution is -0.384. The standard InChI is InChI=1S/C20H19N3O4/c1-27-17-5-3-15(4-6-17)20(24)16-8-10-22(11-9-16)19-12-14(13-21)2-7-18(19)23(25)26/h2-7,12,16H,8-11H2,1H3. The maximum Gasteiger partial charge on any atom is 0.292 e. The first kappa shape index (κ1) is 18.4. The third-order valence-corrected chi connectivity index (χ3v) is 4.88. The van der Waals surface area contributed by atoms with Gasteiger partial charge in [-0.15, -0.1) is 0 Å². The average Bonchev–Trinajstić information content (AvgIpc) is 2.72. The van der Waals surface area contributed by atoms with Crippen LogP contribution in [0.15, 0.2) is 42.5 Å². The smallest absolute Gasteiger partial charge is 0.292 e. The van der Waals surface area contributed by atoms with Gasteiger partial charge in [-0.2, -0.15) is 5.26 Å². The van der Waals surface area contributed by atoms with E-state index in [0.717, 1.165) is 0 Å². The number of piperidine rings is 1.